The van der Waals surface area contributed by atoms with Gasteiger partial charge in [-0.3, -0.25) is 0 Å². The van der Waals surface area contributed by atoms with Gasteiger partial charge in [0.05, 0.1) is 10.3 Å². The number of hydrogen-bond acceptors (Lipinski definition) is 3. The standard InChI is InChI=1S/C9H5IO3S/c10-5-1-4-2-7(11)14-8(4)6(3-5)9(12)13/h1-3,11H,(H,12,13). The molecule has 2 rings (SSSR count). The molecular weight excluding hydrogens is 315 g/mol. The highest BCUT2D eigenvalue weighted by Gasteiger charge is 2.12. The molecule has 1 heterocycles. The SMILES string of the molecule is O=C(O)c1cc(I)cc2cc(O)sc12. The van der Waals surface area contributed by atoms with Gasteiger partial charge in [0.2, 0.25) is 0 Å². The minimum absolute atomic E-state index is 0.143. The van der Waals surface area contributed by atoms with E-state index in [1.165, 1.54) is 0 Å². The molecule has 0 aliphatic rings. The molecule has 3 nitrogen and oxygen atoms in total. The molecule has 0 spiro atoms. The fraction of sp³-hybridized carbons (Fsp3) is 0. The molecule has 0 fully saturated rings. The van der Waals surface area contributed by atoms with Crippen molar-refractivity contribution in [2.45, 2.75) is 0 Å². The Hall–Kier alpha value is -0.820. The normalized spacial score (nSPS) is 10.6. The zero-order valence-corrected chi connectivity index (χ0v) is 9.79. The summed E-state index contributed by atoms with van der Waals surface area (Å²) in [5, 5.41) is 19.1. The van der Waals surface area contributed by atoms with Crippen molar-refractivity contribution < 1.29 is 15.0 Å². The van der Waals surface area contributed by atoms with E-state index < -0.39 is 5.97 Å². The zero-order valence-electron chi connectivity index (χ0n) is 6.82. The van der Waals surface area contributed by atoms with Crippen LogP contribution in [0.15, 0.2) is 18.2 Å². The van der Waals surface area contributed by atoms with E-state index in [1.807, 2.05) is 6.07 Å². The van der Waals surface area contributed by atoms with Crippen molar-refractivity contribution in [1.82, 2.24) is 0 Å². The maximum absolute atomic E-state index is 10.9. The molecule has 0 bridgehead atoms. The van der Waals surface area contributed by atoms with Gasteiger partial charge in [-0.1, -0.05) is 11.3 Å². The summed E-state index contributed by atoms with van der Waals surface area (Å²) in [4.78, 5) is 10.9. The van der Waals surface area contributed by atoms with Gasteiger partial charge in [-0.15, -0.1) is 0 Å². The Morgan fingerprint density at radius 2 is 2.07 bits per heavy atom. The van der Waals surface area contributed by atoms with Crippen LogP contribution in [0.2, 0.25) is 0 Å². The van der Waals surface area contributed by atoms with Crippen LogP contribution in [0.1, 0.15) is 10.4 Å². The van der Waals surface area contributed by atoms with Crippen molar-refractivity contribution >= 4 is 50.0 Å². The van der Waals surface area contributed by atoms with Crippen LogP contribution in [-0.4, -0.2) is 16.2 Å². The lowest BCUT2D eigenvalue weighted by Crippen LogP contribution is -1.96. The predicted molar refractivity (Wildman–Crippen MR) is 63.2 cm³/mol. The molecule has 0 unspecified atom stereocenters. The number of carboxylic acids is 1. The average molecular weight is 320 g/mol. The van der Waals surface area contributed by atoms with Crippen LogP contribution in [0.25, 0.3) is 10.1 Å². The molecule has 2 N–H and O–H groups in total. The van der Waals surface area contributed by atoms with Gasteiger partial charge in [-0.2, -0.15) is 0 Å². The highest BCUT2D eigenvalue weighted by atomic mass is 127. The maximum atomic E-state index is 10.9. The summed E-state index contributed by atoms with van der Waals surface area (Å²) in [5.74, 6) is -0.963. The summed E-state index contributed by atoms with van der Waals surface area (Å²) in [6.45, 7) is 0. The van der Waals surface area contributed by atoms with Crippen LogP contribution in [0, 0.1) is 3.57 Å². The number of carbonyl (C=O) groups is 1. The second-order valence-electron chi connectivity index (χ2n) is 2.76. The van der Waals surface area contributed by atoms with Gasteiger partial charge in [0.1, 0.15) is 0 Å². The molecule has 1 aromatic heterocycles. The Morgan fingerprint density at radius 1 is 1.36 bits per heavy atom. The maximum Gasteiger partial charge on any atom is 0.337 e. The molecule has 14 heavy (non-hydrogen) atoms. The smallest absolute Gasteiger partial charge is 0.337 e. The molecule has 0 atom stereocenters. The summed E-state index contributed by atoms with van der Waals surface area (Å²) < 4.78 is 1.47. The Bertz CT molecular complexity index is 518. The van der Waals surface area contributed by atoms with Gasteiger partial charge < -0.3 is 10.2 Å². The van der Waals surface area contributed by atoms with E-state index in [0.29, 0.717) is 4.70 Å². The first-order valence-electron chi connectivity index (χ1n) is 3.73. The van der Waals surface area contributed by atoms with E-state index in [9.17, 15) is 9.90 Å². The predicted octanol–water partition coefficient (Wildman–Crippen LogP) is 2.91. The summed E-state index contributed by atoms with van der Waals surface area (Å²) in [7, 11) is 0. The van der Waals surface area contributed by atoms with E-state index in [-0.39, 0.29) is 10.6 Å². The number of carboxylic acid groups (broad SMARTS) is 1. The monoisotopic (exact) mass is 320 g/mol. The minimum atomic E-state index is -0.963. The number of benzene rings is 1. The van der Waals surface area contributed by atoms with Crippen LogP contribution in [0.5, 0.6) is 5.06 Å². The van der Waals surface area contributed by atoms with Gasteiger partial charge in [-0.25, -0.2) is 4.79 Å². The number of halogens is 1. The van der Waals surface area contributed by atoms with Crippen molar-refractivity contribution in [2.24, 2.45) is 0 Å². The topological polar surface area (TPSA) is 57.5 Å². The molecular formula is C9H5IO3S. The quantitative estimate of drug-likeness (QED) is 0.795. The molecule has 0 saturated heterocycles. The Morgan fingerprint density at radius 3 is 2.71 bits per heavy atom. The molecule has 1 aromatic carbocycles. The molecule has 0 radical (unpaired) electrons. The van der Waals surface area contributed by atoms with Crippen molar-refractivity contribution in [3.63, 3.8) is 0 Å². The van der Waals surface area contributed by atoms with Gasteiger partial charge in [-0.05, 0) is 46.2 Å². The Balaban J connectivity index is 2.85. The summed E-state index contributed by atoms with van der Waals surface area (Å²) in [5.41, 5.74) is 0.247. The third-order valence-electron chi connectivity index (χ3n) is 1.80. The Labute approximate surface area is 97.1 Å². The van der Waals surface area contributed by atoms with Crippen LogP contribution in [-0.2, 0) is 0 Å². The summed E-state index contributed by atoms with van der Waals surface area (Å²) in [6.07, 6.45) is 0. The van der Waals surface area contributed by atoms with Crippen molar-refractivity contribution in [3.8, 4) is 5.06 Å². The molecule has 0 amide bonds. The highest BCUT2D eigenvalue weighted by Crippen LogP contribution is 2.34. The number of rotatable bonds is 1. The number of thiophene rings is 1. The lowest BCUT2D eigenvalue weighted by atomic mass is 10.2. The molecule has 0 saturated carbocycles. The minimum Gasteiger partial charge on any atom is -0.499 e. The van der Waals surface area contributed by atoms with Gasteiger partial charge in [0.25, 0.3) is 0 Å². The Kier molecular flexibility index (Phi) is 2.36. The molecule has 2 aromatic rings. The fourth-order valence-corrected chi connectivity index (χ4v) is 2.80. The second-order valence-corrected chi connectivity index (χ2v) is 5.04. The van der Waals surface area contributed by atoms with Gasteiger partial charge in [0, 0.05) is 3.57 Å². The van der Waals surface area contributed by atoms with Crippen molar-refractivity contribution in [2.75, 3.05) is 0 Å². The highest BCUT2D eigenvalue weighted by molar-refractivity contribution is 14.1. The first-order valence-corrected chi connectivity index (χ1v) is 5.63. The second kappa shape index (κ2) is 3.39. The lowest BCUT2D eigenvalue weighted by molar-refractivity contribution is 0.0699. The number of fused-ring (bicyclic) bond motifs is 1. The zero-order chi connectivity index (χ0) is 10.3. The largest absolute Gasteiger partial charge is 0.499 e. The molecule has 5 heteroatoms. The van der Waals surface area contributed by atoms with Gasteiger partial charge in [0.15, 0.2) is 5.06 Å². The number of hydrogen-bond donors (Lipinski definition) is 2. The van der Waals surface area contributed by atoms with Crippen LogP contribution in [0.3, 0.4) is 0 Å². The third kappa shape index (κ3) is 1.57. The van der Waals surface area contributed by atoms with Crippen LogP contribution >= 0.6 is 33.9 Å². The number of aromatic hydroxyl groups is 1. The fourth-order valence-electron chi connectivity index (χ4n) is 1.26. The van der Waals surface area contributed by atoms with E-state index in [0.717, 1.165) is 20.3 Å². The average Bonchev–Trinajstić information content (AvgIpc) is 2.42. The summed E-state index contributed by atoms with van der Waals surface area (Å²) in [6, 6.07) is 5.02. The van der Waals surface area contributed by atoms with Crippen molar-refractivity contribution in [1.29, 1.82) is 0 Å². The van der Waals surface area contributed by atoms with Gasteiger partial charge >= 0.3 is 5.97 Å². The molecule has 72 valence electrons. The molecule has 0 aliphatic heterocycles. The van der Waals surface area contributed by atoms with Crippen molar-refractivity contribution in [3.05, 3.63) is 27.3 Å². The third-order valence-corrected chi connectivity index (χ3v) is 3.41. The van der Waals surface area contributed by atoms with E-state index in [4.69, 9.17) is 5.11 Å². The van der Waals surface area contributed by atoms with E-state index in [2.05, 4.69) is 22.6 Å². The summed E-state index contributed by atoms with van der Waals surface area (Å²) >= 11 is 3.14. The first-order chi connectivity index (χ1) is 6.58. The van der Waals surface area contributed by atoms with Crippen LogP contribution < -0.4 is 0 Å². The first kappa shape index (κ1) is 9.72. The molecule has 0 aliphatic carbocycles. The van der Waals surface area contributed by atoms with E-state index in [1.54, 1.807) is 12.1 Å². The van der Waals surface area contributed by atoms with E-state index >= 15 is 0 Å². The number of aromatic carboxylic acids is 1. The lowest BCUT2D eigenvalue weighted by Gasteiger charge is -1.97. The van der Waals surface area contributed by atoms with Crippen LogP contribution in [0.4, 0.5) is 0 Å².